The summed E-state index contributed by atoms with van der Waals surface area (Å²) in [7, 11) is 1.65. The third kappa shape index (κ3) is 3.82. The van der Waals surface area contributed by atoms with Gasteiger partial charge in [0.1, 0.15) is 5.75 Å². The number of carbonyl (C=O) groups is 1. The first kappa shape index (κ1) is 16.2. The van der Waals surface area contributed by atoms with Crippen LogP contribution in [0.25, 0.3) is 0 Å². The van der Waals surface area contributed by atoms with Crippen molar-refractivity contribution >= 4 is 5.91 Å². The molecule has 1 amide bonds. The number of carbonyl (C=O) groups excluding carboxylic acids is 1. The van der Waals surface area contributed by atoms with Crippen LogP contribution in [-0.2, 0) is 24.7 Å². The Bertz CT molecular complexity index is 813. The van der Waals surface area contributed by atoms with Crippen LogP contribution < -0.4 is 15.6 Å². The van der Waals surface area contributed by atoms with Gasteiger partial charge in [-0.3, -0.25) is 9.59 Å². The van der Waals surface area contributed by atoms with Crippen molar-refractivity contribution in [2.45, 2.75) is 32.2 Å². The summed E-state index contributed by atoms with van der Waals surface area (Å²) in [6.45, 7) is 1.96. The quantitative estimate of drug-likeness (QED) is 0.914. The van der Waals surface area contributed by atoms with Crippen LogP contribution in [0.5, 0.6) is 5.75 Å². The molecule has 0 unspecified atom stereocenters. The molecule has 24 heavy (non-hydrogen) atoms. The van der Waals surface area contributed by atoms with Gasteiger partial charge in [0.25, 0.3) is 11.5 Å². The van der Waals surface area contributed by atoms with Gasteiger partial charge < -0.3 is 10.1 Å². The second-order valence-electron chi connectivity index (χ2n) is 6.19. The maximum atomic E-state index is 12.1. The number of benzene rings is 1. The van der Waals surface area contributed by atoms with Crippen LogP contribution in [0, 0.1) is 6.92 Å². The Balaban J connectivity index is 1.55. The Hall–Kier alpha value is -2.63. The van der Waals surface area contributed by atoms with Crippen LogP contribution in [0.2, 0.25) is 0 Å². The number of rotatable bonds is 4. The van der Waals surface area contributed by atoms with Crippen molar-refractivity contribution in [2.24, 2.45) is 7.05 Å². The number of nitrogens with zero attached hydrogens (tertiary/aromatic N) is 2. The molecule has 0 fully saturated rings. The zero-order chi connectivity index (χ0) is 17.1. The Morgan fingerprint density at radius 1 is 1.42 bits per heavy atom. The van der Waals surface area contributed by atoms with Crippen molar-refractivity contribution in [3.63, 3.8) is 0 Å². The zero-order valence-corrected chi connectivity index (χ0v) is 13.9. The van der Waals surface area contributed by atoms with Gasteiger partial charge >= 0.3 is 0 Å². The van der Waals surface area contributed by atoms with Gasteiger partial charge in [-0.25, -0.2) is 4.68 Å². The Kier molecular flexibility index (Phi) is 4.64. The first-order chi connectivity index (χ1) is 11.5. The minimum atomic E-state index is -0.151. The molecule has 2 aromatic rings. The molecule has 6 heteroatoms. The lowest BCUT2D eigenvalue weighted by atomic mass is 9.92. The van der Waals surface area contributed by atoms with E-state index in [4.69, 9.17) is 4.74 Å². The molecule has 126 valence electrons. The molecule has 1 aromatic heterocycles. The smallest absolute Gasteiger partial charge is 0.266 e. The fourth-order valence-electron chi connectivity index (χ4n) is 2.93. The molecular weight excluding hydrogens is 306 g/mol. The Morgan fingerprint density at radius 3 is 3.04 bits per heavy atom. The standard InChI is InChI=1S/C18H21N3O3/c1-12-4-3-5-15(8-12)24-11-17(22)19-14-6-7-16-13(9-14)10-18(23)21(2)20-16/h3-5,8,10,14H,6-7,9,11H2,1-2H3,(H,19,22)/t14-/m0/s1. The molecule has 6 nitrogen and oxygen atoms in total. The molecule has 0 bridgehead atoms. The number of nitrogens with one attached hydrogen (secondary N) is 1. The summed E-state index contributed by atoms with van der Waals surface area (Å²) in [6.07, 6.45) is 2.20. The third-order valence-corrected chi connectivity index (χ3v) is 4.18. The first-order valence-corrected chi connectivity index (χ1v) is 8.06. The fourth-order valence-corrected chi connectivity index (χ4v) is 2.93. The van der Waals surface area contributed by atoms with E-state index >= 15 is 0 Å². The van der Waals surface area contributed by atoms with E-state index in [0.717, 1.165) is 29.7 Å². The number of fused-ring (bicyclic) bond motifs is 1. The molecule has 1 aliphatic carbocycles. The topological polar surface area (TPSA) is 73.2 Å². The summed E-state index contributed by atoms with van der Waals surface area (Å²) in [5, 5.41) is 7.26. The van der Waals surface area contributed by atoms with E-state index in [1.165, 1.54) is 4.68 Å². The van der Waals surface area contributed by atoms with Crippen molar-refractivity contribution in [2.75, 3.05) is 6.61 Å². The Morgan fingerprint density at radius 2 is 2.25 bits per heavy atom. The van der Waals surface area contributed by atoms with Gasteiger partial charge in [-0.2, -0.15) is 5.10 Å². The van der Waals surface area contributed by atoms with Crippen LogP contribution in [0.1, 0.15) is 23.2 Å². The van der Waals surface area contributed by atoms with Gasteiger partial charge in [-0.1, -0.05) is 12.1 Å². The minimum Gasteiger partial charge on any atom is -0.484 e. The minimum absolute atomic E-state index is 0.0123. The van der Waals surface area contributed by atoms with Crippen molar-refractivity contribution in [3.8, 4) is 5.75 Å². The summed E-state index contributed by atoms with van der Waals surface area (Å²) < 4.78 is 6.87. The lowest BCUT2D eigenvalue weighted by Gasteiger charge is -2.24. The summed E-state index contributed by atoms with van der Waals surface area (Å²) >= 11 is 0. The number of aryl methyl sites for hydroxylation is 3. The van der Waals surface area contributed by atoms with Crippen molar-refractivity contribution in [1.29, 1.82) is 0 Å². The predicted molar refractivity (Wildman–Crippen MR) is 90.1 cm³/mol. The van der Waals surface area contributed by atoms with E-state index in [-0.39, 0.29) is 24.1 Å². The monoisotopic (exact) mass is 327 g/mol. The largest absolute Gasteiger partial charge is 0.484 e. The second kappa shape index (κ2) is 6.86. The first-order valence-electron chi connectivity index (χ1n) is 8.06. The van der Waals surface area contributed by atoms with Crippen LogP contribution in [0.15, 0.2) is 35.1 Å². The summed E-state index contributed by atoms with van der Waals surface area (Å²) in [6, 6.07) is 9.23. The SMILES string of the molecule is Cc1cccc(OCC(=O)N[C@H]2CCc3nn(C)c(=O)cc3C2)c1. The van der Waals surface area contributed by atoms with E-state index in [2.05, 4.69) is 10.4 Å². The van der Waals surface area contributed by atoms with Gasteiger partial charge in [0.15, 0.2) is 6.61 Å². The fraction of sp³-hybridized carbons (Fsp3) is 0.389. The van der Waals surface area contributed by atoms with Crippen LogP contribution in [0.3, 0.4) is 0 Å². The highest BCUT2D eigenvalue weighted by molar-refractivity contribution is 5.77. The molecule has 1 atom stereocenters. The van der Waals surface area contributed by atoms with Crippen molar-refractivity contribution in [3.05, 3.63) is 57.5 Å². The van der Waals surface area contributed by atoms with E-state index in [9.17, 15) is 9.59 Å². The summed E-state index contributed by atoms with van der Waals surface area (Å²) in [5.41, 5.74) is 2.84. The van der Waals surface area contributed by atoms with E-state index in [0.29, 0.717) is 12.2 Å². The van der Waals surface area contributed by atoms with Gasteiger partial charge in [0.05, 0.1) is 5.69 Å². The van der Waals surface area contributed by atoms with Gasteiger partial charge in [-0.15, -0.1) is 0 Å². The number of hydrogen-bond donors (Lipinski definition) is 1. The van der Waals surface area contributed by atoms with Gasteiger partial charge in [-0.05, 0) is 49.4 Å². The molecule has 0 spiro atoms. The van der Waals surface area contributed by atoms with Crippen molar-refractivity contribution in [1.82, 2.24) is 15.1 Å². The summed E-state index contributed by atoms with van der Waals surface area (Å²) in [5.74, 6) is 0.536. The molecule has 1 aliphatic rings. The van der Waals surface area contributed by atoms with E-state index in [1.807, 2.05) is 31.2 Å². The van der Waals surface area contributed by atoms with Gasteiger partial charge in [0.2, 0.25) is 0 Å². The Labute approximate surface area is 140 Å². The van der Waals surface area contributed by atoms with Crippen molar-refractivity contribution < 1.29 is 9.53 Å². The van der Waals surface area contributed by atoms with Crippen LogP contribution in [-0.4, -0.2) is 28.3 Å². The zero-order valence-electron chi connectivity index (χ0n) is 13.9. The molecule has 0 aliphatic heterocycles. The molecule has 0 saturated heterocycles. The number of ether oxygens (including phenoxy) is 1. The van der Waals surface area contributed by atoms with Crippen LogP contribution >= 0.6 is 0 Å². The molecule has 1 aromatic carbocycles. The maximum Gasteiger partial charge on any atom is 0.266 e. The van der Waals surface area contributed by atoms with E-state index < -0.39 is 0 Å². The summed E-state index contributed by atoms with van der Waals surface area (Å²) in [4.78, 5) is 23.8. The van der Waals surface area contributed by atoms with Gasteiger partial charge in [0, 0.05) is 19.2 Å². The average molecular weight is 327 g/mol. The predicted octanol–water partition coefficient (Wildman–Crippen LogP) is 1.14. The lowest BCUT2D eigenvalue weighted by Crippen LogP contribution is -2.42. The lowest BCUT2D eigenvalue weighted by molar-refractivity contribution is -0.123. The highest BCUT2D eigenvalue weighted by Gasteiger charge is 2.22. The number of aromatic nitrogens is 2. The molecule has 0 radical (unpaired) electrons. The molecule has 1 heterocycles. The van der Waals surface area contributed by atoms with Crippen LogP contribution in [0.4, 0.5) is 0 Å². The third-order valence-electron chi connectivity index (χ3n) is 4.18. The second-order valence-corrected chi connectivity index (χ2v) is 6.19. The highest BCUT2D eigenvalue weighted by atomic mass is 16.5. The molecule has 3 rings (SSSR count). The molecule has 0 saturated carbocycles. The van der Waals surface area contributed by atoms with E-state index in [1.54, 1.807) is 13.1 Å². The molecule has 1 N–H and O–H groups in total. The molecular formula is C18H21N3O3. The number of amides is 1. The average Bonchev–Trinajstić information content (AvgIpc) is 2.54. The normalized spacial score (nSPS) is 16.3. The maximum absolute atomic E-state index is 12.1. The number of hydrogen-bond acceptors (Lipinski definition) is 4. The highest BCUT2D eigenvalue weighted by Crippen LogP contribution is 2.18.